The average Bonchev–Trinajstić information content (AvgIpc) is 2.38. The molecule has 0 radical (unpaired) electrons. The number of nitrogens with one attached hydrogen (secondary N) is 1. The van der Waals surface area contributed by atoms with Gasteiger partial charge in [-0.3, -0.25) is 10.1 Å². The van der Waals surface area contributed by atoms with Crippen molar-refractivity contribution < 1.29 is 9.31 Å². The smallest absolute Gasteiger partial charge is 0.272 e. The molecule has 0 aromatic heterocycles. The molecule has 4 nitrogen and oxygen atoms in total. The van der Waals surface area contributed by atoms with Crippen LogP contribution in [0.15, 0.2) is 18.2 Å². The highest BCUT2D eigenvalue weighted by atomic mass is 19.1. The fraction of sp³-hybridized carbons (Fsp3) is 0.625. The lowest BCUT2D eigenvalue weighted by Gasteiger charge is -2.25. The number of benzene rings is 1. The third-order valence-electron chi connectivity index (χ3n) is 3.54. The van der Waals surface area contributed by atoms with Crippen LogP contribution in [0.1, 0.15) is 52.0 Å². The monoisotopic (exact) mass is 296 g/mol. The quantitative estimate of drug-likeness (QED) is 0.416. The van der Waals surface area contributed by atoms with Crippen LogP contribution >= 0.6 is 0 Å². The van der Waals surface area contributed by atoms with Gasteiger partial charge in [0.15, 0.2) is 0 Å². The zero-order valence-corrected chi connectivity index (χ0v) is 13.1. The number of hydrogen-bond acceptors (Lipinski definition) is 3. The van der Waals surface area contributed by atoms with Crippen LogP contribution in [0.3, 0.4) is 0 Å². The van der Waals surface area contributed by atoms with Crippen LogP contribution < -0.4 is 5.32 Å². The summed E-state index contributed by atoms with van der Waals surface area (Å²) in [7, 11) is 0. The summed E-state index contributed by atoms with van der Waals surface area (Å²) >= 11 is 0. The Bertz CT molecular complexity index is 475. The number of unbranched alkanes of at least 4 members (excludes halogenated alkanes) is 2. The normalized spacial score (nSPS) is 11.6. The summed E-state index contributed by atoms with van der Waals surface area (Å²) in [4.78, 5) is 10.1. The van der Waals surface area contributed by atoms with Gasteiger partial charge in [0.2, 0.25) is 0 Å². The summed E-state index contributed by atoms with van der Waals surface area (Å²) in [5.74, 6) is -0.566. The van der Waals surface area contributed by atoms with E-state index < -0.39 is 10.7 Å². The van der Waals surface area contributed by atoms with Crippen LogP contribution in [0.25, 0.3) is 0 Å². The van der Waals surface area contributed by atoms with Gasteiger partial charge in [-0.15, -0.1) is 0 Å². The lowest BCUT2D eigenvalue weighted by Crippen LogP contribution is -2.29. The number of hydrogen-bond donors (Lipinski definition) is 1. The molecule has 118 valence electrons. The molecule has 1 aromatic rings. The molecule has 5 heteroatoms. The third-order valence-corrected chi connectivity index (χ3v) is 3.54. The number of rotatable bonds is 9. The number of nitro benzene ring substituents is 1. The third kappa shape index (κ3) is 6.67. The summed E-state index contributed by atoms with van der Waals surface area (Å²) in [6.07, 6.45) is 4.78. The Labute approximate surface area is 125 Å². The van der Waals surface area contributed by atoms with Crippen LogP contribution in [0.5, 0.6) is 0 Å². The van der Waals surface area contributed by atoms with Crippen LogP contribution in [0, 0.1) is 21.3 Å². The lowest BCUT2D eigenvalue weighted by molar-refractivity contribution is -0.385. The van der Waals surface area contributed by atoms with Gasteiger partial charge in [-0.25, -0.2) is 4.39 Å². The SMILES string of the molecule is CCCCCC(C)(C)CNCc1cc(F)cc([N+](=O)[O-])c1. The van der Waals surface area contributed by atoms with Crippen molar-refractivity contribution in [1.29, 1.82) is 0 Å². The van der Waals surface area contributed by atoms with Gasteiger partial charge in [-0.1, -0.05) is 40.0 Å². The lowest BCUT2D eigenvalue weighted by atomic mass is 9.87. The van der Waals surface area contributed by atoms with Crippen LogP contribution in [0.4, 0.5) is 10.1 Å². The molecule has 0 amide bonds. The molecular weight excluding hydrogens is 271 g/mol. The Morgan fingerprint density at radius 1 is 1.29 bits per heavy atom. The van der Waals surface area contributed by atoms with Gasteiger partial charge in [-0.05, 0) is 23.5 Å². The molecule has 0 heterocycles. The van der Waals surface area contributed by atoms with E-state index in [0.717, 1.165) is 19.0 Å². The molecule has 0 fully saturated rings. The van der Waals surface area contributed by atoms with Crippen LogP contribution in [0.2, 0.25) is 0 Å². The summed E-state index contributed by atoms with van der Waals surface area (Å²) in [5.41, 5.74) is 0.578. The maximum absolute atomic E-state index is 13.3. The van der Waals surface area contributed by atoms with E-state index in [4.69, 9.17) is 0 Å². The van der Waals surface area contributed by atoms with Crippen molar-refractivity contribution in [3.8, 4) is 0 Å². The maximum atomic E-state index is 13.3. The van der Waals surface area contributed by atoms with E-state index in [1.807, 2.05) is 0 Å². The minimum absolute atomic E-state index is 0.175. The largest absolute Gasteiger partial charge is 0.312 e. The first-order valence-electron chi connectivity index (χ1n) is 7.48. The predicted molar refractivity (Wildman–Crippen MR) is 82.7 cm³/mol. The van der Waals surface area contributed by atoms with Crippen LogP contribution in [-0.2, 0) is 6.54 Å². The second kappa shape index (κ2) is 8.08. The molecule has 1 N–H and O–H groups in total. The molecular formula is C16H25FN2O2. The Morgan fingerprint density at radius 2 is 2.00 bits per heavy atom. The molecule has 0 spiro atoms. The Hall–Kier alpha value is -1.49. The van der Waals surface area contributed by atoms with E-state index in [2.05, 4.69) is 26.1 Å². The topological polar surface area (TPSA) is 55.2 Å². The first-order valence-corrected chi connectivity index (χ1v) is 7.48. The van der Waals surface area contributed by atoms with Crippen molar-refractivity contribution >= 4 is 5.69 Å². The van der Waals surface area contributed by atoms with E-state index in [-0.39, 0.29) is 11.1 Å². The van der Waals surface area contributed by atoms with Gasteiger partial charge < -0.3 is 5.32 Å². The molecule has 0 saturated heterocycles. The minimum Gasteiger partial charge on any atom is -0.312 e. The fourth-order valence-electron chi connectivity index (χ4n) is 2.33. The molecule has 0 saturated carbocycles. The van der Waals surface area contributed by atoms with Gasteiger partial charge in [0, 0.05) is 19.2 Å². The summed E-state index contributed by atoms with van der Waals surface area (Å²) in [5, 5.41) is 14.0. The van der Waals surface area contributed by atoms with Gasteiger partial charge in [0.1, 0.15) is 5.82 Å². The van der Waals surface area contributed by atoms with Gasteiger partial charge >= 0.3 is 0 Å². The number of nitrogens with zero attached hydrogens (tertiary/aromatic N) is 1. The van der Waals surface area contributed by atoms with E-state index in [1.165, 1.54) is 31.4 Å². The number of halogens is 1. The number of nitro groups is 1. The van der Waals surface area contributed by atoms with Crippen molar-refractivity contribution in [3.05, 3.63) is 39.7 Å². The Morgan fingerprint density at radius 3 is 2.62 bits per heavy atom. The summed E-state index contributed by atoms with van der Waals surface area (Å²) in [6.45, 7) is 7.83. The highest BCUT2D eigenvalue weighted by molar-refractivity contribution is 5.35. The molecule has 0 aliphatic heterocycles. The second-order valence-corrected chi connectivity index (χ2v) is 6.30. The summed E-state index contributed by atoms with van der Waals surface area (Å²) in [6, 6.07) is 3.70. The highest BCUT2D eigenvalue weighted by Gasteiger charge is 2.17. The molecule has 0 unspecified atom stereocenters. The van der Waals surface area contributed by atoms with Crippen molar-refractivity contribution in [3.63, 3.8) is 0 Å². The van der Waals surface area contributed by atoms with Gasteiger partial charge in [-0.2, -0.15) is 0 Å². The van der Waals surface area contributed by atoms with Crippen molar-refractivity contribution in [2.24, 2.45) is 5.41 Å². The van der Waals surface area contributed by atoms with Crippen molar-refractivity contribution in [2.75, 3.05) is 6.54 Å². The fourth-order valence-corrected chi connectivity index (χ4v) is 2.33. The molecule has 1 aromatic carbocycles. The first kappa shape index (κ1) is 17.6. The van der Waals surface area contributed by atoms with Gasteiger partial charge in [0.25, 0.3) is 5.69 Å². The average molecular weight is 296 g/mol. The molecule has 1 rings (SSSR count). The van der Waals surface area contributed by atoms with E-state index >= 15 is 0 Å². The summed E-state index contributed by atoms with van der Waals surface area (Å²) < 4.78 is 13.3. The predicted octanol–water partition coefficient (Wildman–Crippen LogP) is 4.43. The van der Waals surface area contributed by atoms with Crippen molar-refractivity contribution in [1.82, 2.24) is 5.32 Å². The standard InChI is InChI=1S/C16H25FN2O2/c1-4-5-6-7-16(2,3)12-18-11-13-8-14(17)10-15(9-13)19(20)21/h8-10,18H,4-7,11-12H2,1-3H3. The Kier molecular flexibility index (Phi) is 6.75. The molecule has 0 bridgehead atoms. The Balaban J connectivity index is 2.50. The van der Waals surface area contributed by atoms with Crippen LogP contribution in [-0.4, -0.2) is 11.5 Å². The first-order chi connectivity index (χ1) is 9.84. The zero-order chi connectivity index (χ0) is 15.9. The molecule has 0 aliphatic carbocycles. The molecule has 0 aliphatic rings. The minimum atomic E-state index is -0.568. The number of non-ortho nitro benzene ring substituents is 1. The molecule has 21 heavy (non-hydrogen) atoms. The van der Waals surface area contributed by atoms with Gasteiger partial charge in [0.05, 0.1) is 11.0 Å². The highest BCUT2D eigenvalue weighted by Crippen LogP contribution is 2.23. The second-order valence-electron chi connectivity index (χ2n) is 6.30. The van der Waals surface area contributed by atoms with E-state index in [0.29, 0.717) is 12.1 Å². The zero-order valence-electron chi connectivity index (χ0n) is 13.1. The maximum Gasteiger partial charge on any atom is 0.272 e. The van der Waals surface area contributed by atoms with E-state index in [1.54, 1.807) is 0 Å². The van der Waals surface area contributed by atoms with Crippen molar-refractivity contribution in [2.45, 2.75) is 53.0 Å². The van der Waals surface area contributed by atoms with E-state index in [9.17, 15) is 14.5 Å². The molecule has 0 atom stereocenters.